The molecule has 84 valence electrons. The predicted octanol–water partition coefficient (Wildman–Crippen LogP) is -1.94. The lowest BCUT2D eigenvalue weighted by molar-refractivity contribution is -0.874. The normalized spacial score (nSPS) is 27.2. The Kier molecular flexibility index (Phi) is 4.07. The van der Waals surface area contributed by atoms with E-state index < -0.39 is 11.6 Å². The van der Waals surface area contributed by atoms with Crippen molar-refractivity contribution in [2.75, 3.05) is 34.3 Å². The van der Waals surface area contributed by atoms with Crippen LogP contribution >= 0.6 is 11.8 Å². The maximum atomic E-state index is 11.0. The van der Waals surface area contributed by atoms with Gasteiger partial charge in [-0.25, -0.2) is 9.21 Å². The van der Waals surface area contributed by atoms with Crippen molar-refractivity contribution in [1.29, 1.82) is 0 Å². The molecule has 0 bridgehead atoms. The van der Waals surface area contributed by atoms with Crippen molar-refractivity contribution in [3.8, 4) is 0 Å². The zero-order chi connectivity index (χ0) is 10.3. The van der Waals surface area contributed by atoms with E-state index in [1.165, 1.54) is 0 Å². The molecule has 0 aromatic heterocycles. The number of likely N-dealkylation sites (N-methyl/N-ethyl adjacent to an activating group) is 1. The standard InChI is InChI=1S/C8H16ClN2O2.ClH/c1-8(5-11(2,3)4)6-13-7(12)10(8)9;/h5-6H2,1-4H3;1H/q+1;/p-1. The van der Waals surface area contributed by atoms with Crippen LogP contribution < -0.4 is 12.4 Å². The van der Waals surface area contributed by atoms with Crippen molar-refractivity contribution in [1.82, 2.24) is 4.42 Å². The molecular weight excluding hydrogens is 227 g/mol. The SMILES string of the molecule is CC1(C[N+](C)(C)C)COC(=O)N1Cl.[Cl-]. The van der Waals surface area contributed by atoms with Crippen LogP contribution in [0.1, 0.15) is 6.92 Å². The van der Waals surface area contributed by atoms with Crippen LogP contribution in [0.4, 0.5) is 4.79 Å². The van der Waals surface area contributed by atoms with Crippen LogP contribution in [0.25, 0.3) is 0 Å². The second-order valence-corrected chi connectivity index (χ2v) is 5.12. The first-order valence-electron chi connectivity index (χ1n) is 4.18. The van der Waals surface area contributed by atoms with Crippen molar-refractivity contribution in [2.45, 2.75) is 12.5 Å². The summed E-state index contributed by atoms with van der Waals surface area (Å²) < 4.78 is 6.78. The summed E-state index contributed by atoms with van der Waals surface area (Å²) in [5, 5.41) is 0. The third-order valence-corrected chi connectivity index (χ3v) is 2.50. The van der Waals surface area contributed by atoms with Gasteiger partial charge in [0.25, 0.3) is 0 Å². The molecule has 0 N–H and O–H groups in total. The van der Waals surface area contributed by atoms with E-state index in [0.717, 1.165) is 15.4 Å². The molecule has 4 nitrogen and oxygen atoms in total. The molecule has 1 aliphatic rings. The first-order valence-corrected chi connectivity index (χ1v) is 4.52. The Morgan fingerprint density at radius 3 is 2.36 bits per heavy atom. The smallest absolute Gasteiger partial charge is 0.425 e. The maximum Gasteiger partial charge on any atom is 0.425 e. The van der Waals surface area contributed by atoms with Gasteiger partial charge in [0.15, 0.2) is 0 Å². The number of ether oxygens (including phenoxy) is 1. The molecule has 1 fully saturated rings. The zero-order valence-corrected chi connectivity index (χ0v) is 10.4. The molecule has 0 spiro atoms. The Balaban J connectivity index is 0.00000169. The van der Waals surface area contributed by atoms with E-state index in [4.69, 9.17) is 16.5 Å². The van der Waals surface area contributed by atoms with Crippen molar-refractivity contribution in [2.24, 2.45) is 0 Å². The van der Waals surface area contributed by atoms with Gasteiger partial charge in [0.1, 0.15) is 18.7 Å². The minimum Gasteiger partial charge on any atom is -1.00 e. The molecular formula is C8H16Cl2N2O2. The molecule has 1 atom stereocenters. The largest absolute Gasteiger partial charge is 1.00 e. The van der Waals surface area contributed by atoms with Gasteiger partial charge < -0.3 is 21.6 Å². The number of amides is 1. The predicted molar refractivity (Wildman–Crippen MR) is 50.3 cm³/mol. The van der Waals surface area contributed by atoms with Crippen molar-refractivity contribution in [3.05, 3.63) is 0 Å². The number of carbonyl (C=O) groups excluding carboxylic acids is 1. The Morgan fingerprint density at radius 2 is 2.07 bits per heavy atom. The first-order chi connectivity index (χ1) is 5.75. The van der Waals surface area contributed by atoms with Crippen LogP contribution in [0.2, 0.25) is 0 Å². The highest BCUT2D eigenvalue weighted by atomic mass is 35.5. The first kappa shape index (κ1) is 13.8. The number of rotatable bonds is 2. The number of quaternary nitrogens is 1. The summed E-state index contributed by atoms with van der Waals surface area (Å²) in [5.74, 6) is 0. The number of halogens is 2. The summed E-state index contributed by atoms with van der Waals surface area (Å²) in [4.78, 5) is 11.0. The average Bonchev–Trinajstić information content (AvgIpc) is 2.14. The van der Waals surface area contributed by atoms with Gasteiger partial charge >= 0.3 is 6.09 Å². The summed E-state index contributed by atoms with van der Waals surface area (Å²) in [6.45, 7) is 3.06. The maximum absolute atomic E-state index is 11.0. The molecule has 6 heteroatoms. The van der Waals surface area contributed by atoms with Gasteiger partial charge in [0.05, 0.1) is 21.1 Å². The van der Waals surface area contributed by atoms with Crippen molar-refractivity contribution >= 4 is 17.9 Å². The van der Waals surface area contributed by atoms with E-state index in [0.29, 0.717) is 6.61 Å². The minimum absolute atomic E-state index is 0. The van der Waals surface area contributed by atoms with E-state index >= 15 is 0 Å². The molecule has 0 radical (unpaired) electrons. The van der Waals surface area contributed by atoms with E-state index in [2.05, 4.69) is 21.1 Å². The van der Waals surface area contributed by atoms with Crippen LogP contribution in [-0.2, 0) is 4.74 Å². The summed E-state index contributed by atoms with van der Waals surface area (Å²) in [5.41, 5.74) is -0.392. The van der Waals surface area contributed by atoms with Crippen LogP contribution in [0.5, 0.6) is 0 Å². The van der Waals surface area contributed by atoms with E-state index in [1.54, 1.807) is 0 Å². The van der Waals surface area contributed by atoms with Crippen LogP contribution in [0, 0.1) is 0 Å². The molecule has 1 heterocycles. The van der Waals surface area contributed by atoms with Gasteiger partial charge in [-0.05, 0) is 6.92 Å². The minimum atomic E-state index is -0.447. The summed E-state index contributed by atoms with van der Waals surface area (Å²) in [6.07, 6.45) is -0.447. The third-order valence-electron chi connectivity index (χ3n) is 1.96. The summed E-state index contributed by atoms with van der Waals surface area (Å²) in [7, 11) is 6.16. The zero-order valence-electron chi connectivity index (χ0n) is 8.88. The molecule has 1 unspecified atom stereocenters. The topological polar surface area (TPSA) is 29.5 Å². The third kappa shape index (κ3) is 2.90. The second-order valence-electron chi connectivity index (χ2n) is 4.78. The van der Waals surface area contributed by atoms with Gasteiger partial charge in [0.2, 0.25) is 0 Å². The molecule has 0 aromatic rings. The molecule has 1 saturated heterocycles. The Morgan fingerprint density at radius 1 is 1.57 bits per heavy atom. The fourth-order valence-electron chi connectivity index (χ4n) is 1.68. The van der Waals surface area contributed by atoms with E-state index in [9.17, 15) is 4.79 Å². The highest BCUT2D eigenvalue weighted by molar-refractivity contribution is 6.21. The Hall–Kier alpha value is -0.190. The fraction of sp³-hybridized carbons (Fsp3) is 0.875. The molecule has 14 heavy (non-hydrogen) atoms. The molecule has 1 aliphatic heterocycles. The van der Waals surface area contributed by atoms with Gasteiger partial charge in [-0.3, -0.25) is 0 Å². The molecule has 0 saturated carbocycles. The Labute approximate surface area is 95.9 Å². The fourth-order valence-corrected chi connectivity index (χ4v) is 1.83. The number of hydrogen-bond acceptors (Lipinski definition) is 2. The molecule has 0 aromatic carbocycles. The van der Waals surface area contributed by atoms with Crippen LogP contribution in [-0.4, -0.2) is 54.8 Å². The second kappa shape index (κ2) is 4.13. The Bertz CT molecular complexity index is 230. The lowest BCUT2D eigenvalue weighted by Gasteiger charge is -2.34. The lowest BCUT2D eigenvalue weighted by Crippen LogP contribution is -3.00. The highest BCUT2D eigenvalue weighted by Gasteiger charge is 2.47. The lowest BCUT2D eigenvalue weighted by atomic mass is 10.0. The molecule has 1 rings (SSSR count). The highest BCUT2D eigenvalue weighted by Crippen LogP contribution is 2.27. The molecule has 1 amide bonds. The van der Waals surface area contributed by atoms with E-state index in [-0.39, 0.29) is 12.4 Å². The quantitative estimate of drug-likeness (QED) is 0.417. The number of carbonyl (C=O) groups is 1. The molecule has 0 aliphatic carbocycles. The van der Waals surface area contributed by atoms with Gasteiger partial charge in [-0.2, -0.15) is 0 Å². The van der Waals surface area contributed by atoms with Gasteiger partial charge in [-0.1, -0.05) is 0 Å². The van der Waals surface area contributed by atoms with Crippen LogP contribution in [0.3, 0.4) is 0 Å². The summed E-state index contributed by atoms with van der Waals surface area (Å²) >= 11 is 5.82. The van der Waals surface area contributed by atoms with Crippen molar-refractivity contribution < 1.29 is 26.4 Å². The van der Waals surface area contributed by atoms with Crippen LogP contribution in [0.15, 0.2) is 0 Å². The summed E-state index contributed by atoms with van der Waals surface area (Å²) in [6, 6.07) is 0. The van der Waals surface area contributed by atoms with Crippen molar-refractivity contribution in [3.63, 3.8) is 0 Å². The average molecular weight is 243 g/mol. The number of cyclic esters (lactones) is 1. The van der Waals surface area contributed by atoms with Gasteiger partial charge in [-0.15, -0.1) is 0 Å². The van der Waals surface area contributed by atoms with Gasteiger partial charge in [0, 0.05) is 11.8 Å². The number of nitrogens with zero attached hydrogens (tertiary/aromatic N) is 2. The van der Waals surface area contributed by atoms with E-state index in [1.807, 2.05) is 6.92 Å². The monoisotopic (exact) mass is 242 g/mol. The number of hydrogen-bond donors (Lipinski definition) is 0.